The fourth-order valence-corrected chi connectivity index (χ4v) is 2.51. The van der Waals surface area contributed by atoms with Crippen molar-refractivity contribution in [1.29, 1.82) is 5.26 Å². The zero-order valence-corrected chi connectivity index (χ0v) is 11.8. The summed E-state index contributed by atoms with van der Waals surface area (Å²) < 4.78 is 5.39. The van der Waals surface area contributed by atoms with Gasteiger partial charge in [-0.1, -0.05) is 51.5 Å². The molecule has 1 aliphatic carbocycles. The third kappa shape index (κ3) is 7.00. The zero-order valence-electron chi connectivity index (χ0n) is 11.8. The van der Waals surface area contributed by atoms with Crippen molar-refractivity contribution in [2.45, 2.75) is 76.7 Å². The van der Waals surface area contributed by atoms with Gasteiger partial charge in [0.1, 0.15) is 17.7 Å². The predicted molar refractivity (Wildman–Crippen MR) is 75.4 cm³/mol. The molecule has 0 aromatic carbocycles. The fraction of sp³-hybridized carbons (Fsp3) is 0.750. The van der Waals surface area contributed by atoms with Gasteiger partial charge >= 0.3 is 5.97 Å². The fourth-order valence-electron chi connectivity index (χ4n) is 2.51. The topological polar surface area (TPSA) is 50.1 Å². The third-order valence-corrected chi connectivity index (χ3v) is 3.71. The van der Waals surface area contributed by atoms with Crippen molar-refractivity contribution in [3.05, 3.63) is 12.2 Å². The van der Waals surface area contributed by atoms with Gasteiger partial charge in [0.25, 0.3) is 0 Å². The molecule has 0 heterocycles. The molecule has 3 heteroatoms. The van der Waals surface area contributed by atoms with Crippen molar-refractivity contribution in [3.8, 4) is 6.07 Å². The molecule has 0 aromatic heterocycles. The van der Waals surface area contributed by atoms with E-state index in [4.69, 9.17) is 10.00 Å². The highest BCUT2D eigenvalue weighted by molar-refractivity contribution is 5.92. The van der Waals surface area contributed by atoms with Crippen LogP contribution in [0.1, 0.15) is 70.6 Å². The molecule has 1 aliphatic rings. The molecule has 0 unspecified atom stereocenters. The molecular weight excluding hydrogens is 238 g/mol. The molecule has 19 heavy (non-hydrogen) atoms. The van der Waals surface area contributed by atoms with E-state index in [1.165, 1.54) is 44.9 Å². The molecule has 3 nitrogen and oxygen atoms in total. The first-order valence-corrected chi connectivity index (χ1v) is 7.54. The first-order chi connectivity index (χ1) is 9.24. The van der Waals surface area contributed by atoms with Crippen molar-refractivity contribution in [1.82, 2.24) is 0 Å². The van der Waals surface area contributed by atoms with Crippen LogP contribution in [-0.2, 0) is 9.53 Å². The highest BCUT2D eigenvalue weighted by Gasteiger charge is 2.16. The highest BCUT2D eigenvalue weighted by Crippen LogP contribution is 2.19. The molecule has 0 amide bonds. The normalized spacial score (nSPS) is 19.5. The van der Waals surface area contributed by atoms with E-state index in [1.807, 2.05) is 0 Å². The number of nitrogens with zero attached hydrogens (tertiary/aromatic N) is 1. The summed E-state index contributed by atoms with van der Waals surface area (Å²) in [5, 5.41) is 8.64. The highest BCUT2D eigenvalue weighted by atomic mass is 16.5. The Hall–Kier alpha value is -1.30. The van der Waals surface area contributed by atoms with Gasteiger partial charge in [0.2, 0.25) is 0 Å². The lowest BCUT2D eigenvalue weighted by atomic mass is 9.99. The van der Waals surface area contributed by atoms with Gasteiger partial charge in [0.05, 0.1) is 0 Å². The Morgan fingerprint density at radius 2 is 1.37 bits per heavy atom. The lowest BCUT2D eigenvalue weighted by Crippen LogP contribution is -2.19. The monoisotopic (exact) mass is 263 g/mol. The van der Waals surface area contributed by atoms with Gasteiger partial charge in [-0.2, -0.15) is 5.26 Å². The van der Waals surface area contributed by atoms with Gasteiger partial charge in [-0.05, 0) is 25.7 Å². The summed E-state index contributed by atoms with van der Waals surface area (Å²) in [6.45, 7) is 3.41. The van der Waals surface area contributed by atoms with E-state index in [0.717, 1.165) is 25.7 Å². The van der Waals surface area contributed by atoms with E-state index in [-0.39, 0.29) is 11.7 Å². The van der Waals surface area contributed by atoms with Crippen LogP contribution in [0.3, 0.4) is 0 Å². The molecule has 0 N–H and O–H groups in total. The molecule has 0 bridgehead atoms. The standard InChI is InChI=1S/C16H25NO2/c1-14(13-17)16(18)19-15-11-9-7-5-3-2-4-6-8-10-12-15/h15H,1-12H2. The smallest absolute Gasteiger partial charge is 0.348 e. The Labute approximate surface area is 116 Å². The second-order valence-corrected chi connectivity index (χ2v) is 5.38. The van der Waals surface area contributed by atoms with Crippen LogP contribution in [-0.4, -0.2) is 12.1 Å². The molecular formula is C16H25NO2. The van der Waals surface area contributed by atoms with Crippen LogP contribution in [0.4, 0.5) is 0 Å². The quantitative estimate of drug-likeness (QED) is 0.424. The Bertz CT molecular complexity index is 318. The van der Waals surface area contributed by atoms with Crippen LogP contribution in [0.5, 0.6) is 0 Å². The molecule has 106 valence electrons. The average molecular weight is 263 g/mol. The molecule has 1 rings (SSSR count). The lowest BCUT2D eigenvalue weighted by molar-refractivity contribution is -0.144. The maximum Gasteiger partial charge on any atom is 0.348 e. The Kier molecular flexibility index (Phi) is 7.97. The molecule has 0 atom stereocenters. The summed E-state index contributed by atoms with van der Waals surface area (Å²) in [6, 6.07) is 1.75. The Balaban J connectivity index is 2.40. The summed E-state index contributed by atoms with van der Waals surface area (Å²) in [6.07, 6.45) is 13.0. The molecule has 1 fully saturated rings. The second kappa shape index (κ2) is 9.61. The lowest BCUT2D eigenvalue weighted by Gasteiger charge is -2.18. The number of rotatable bonds is 2. The molecule has 0 spiro atoms. The Morgan fingerprint density at radius 1 is 0.947 bits per heavy atom. The molecule has 1 saturated carbocycles. The van der Waals surface area contributed by atoms with E-state index < -0.39 is 5.97 Å². The first-order valence-electron chi connectivity index (χ1n) is 7.54. The van der Waals surface area contributed by atoms with E-state index >= 15 is 0 Å². The first kappa shape index (κ1) is 15.8. The summed E-state index contributed by atoms with van der Waals surface area (Å²) in [7, 11) is 0. The van der Waals surface area contributed by atoms with Crippen molar-refractivity contribution in [2.75, 3.05) is 0 Å². The second-order valence-electron chi connectivity index (χ2n) is 5.38. The van der Waals surface area contributed by atoms with Crippen molar-refractivity contribution < 1.29 is 9.53 Å². The molecule has 0 saturated heterocycles. The minimum atomic E-state index is -0.542. The molecule has 0 aromatic rings. The van der Waals surface area contributed by atoms with Gasteiger partial charge in [0, 0.05) is 0 Å². The maximum atomic E-state index is 11.6. The minimum absolute atomic E-state index is 0.0305. The number of carbonyl (C=O) groups is 1. The number of nitriles is 1. The van der Waals surface area contributed by atoms with Gasteiger partial charge in [-0.15, -0.1) is 0 Å². The average Bonchev–Trinajstić information content (AvgIpc) is 2.40. The van der Waals surface area contributed by atoms with E-state index in [0.29, 0.717) is 0 Å². The van der Waals surface area contributed by atoms with Gasteiger partial charge < -0.3 is 4.74 Å². The van der Waals surface area contributed by atoms with E-state index in [2.05, 4.69) is 6.58 Å². The Morgan fingerprint density at radius 3 is 1.79 bits per heavy atom. The summed E-state index contributed by atoms with van der Waals surface area (Å²) >= 11 is 0. The maximum absolute atomic E-state index is 11.6. The van der Waals surface area contributed by atoms with Crippen molar-refractivity contribution >= 4 is 5.97 Å². The number of carbonyl (C=O) groups excluding carboxylic acids is 1. The zero-order chi connectivity index (χ0) is 13.9. The summed E-state index contributed by atoms with van der Waals surface area (Å²) in [5.41, 5.74) is -0.0916. The number of esters is 1. The number of hydrogen-bond donors (Lipinski definition) is 0. The van der Waals surface area contributed by atoms with Crippen LogP contribution in [0.25, 0.3) is 0 Å². The van der Waals surface area contributed by atoms with E-state index in [9.17, 15) is 4.79 Å². The van der Waals surface area contributed by atoms with Gasteiger partial charge in [-0.3, -0.25) is 0 Å². The molecule has 0 aliphatic heterocycles. The molecule has 0 radical (unpaired) electrons. The SMILES string of the molecule is C=C(C#N)C(=O)OC1CCCCCCCCCCC1. The van der Waals surface area contributed by atoms with E-state index in [1.54, 1.807) is 6.07 Å². The van der Waals surface area contributed by atoms with Crippen LogP contribution in [0, 0.1) is 11.3 Å². The van der Waals surface area contributed by atoms with Crippen molar-refractivity contribution in [2.24, 2.45) is 0 Å². The van der Waals surface area contributed by atoms with Crippen LogP contribution in [0.2, 0.25) is 0 Å². The third-order valence-electron chi connectivity index (χ3n) is 3.71. The van der Waals surface area contributed by atoms with Crippen molar-refractivity contribution in [3.63, 3.8) is 0 Å². The number of hydrogen-bond acceptors (Lipinski definition) is 3. The van der Waals surface area contributed by atoms with Crippen LogP contribution in [0.15, 0.2) is 12.2 Å². The summed E-state index contributed by atoms with van der Waals surface area (Å²) in [5.74, 6) is -0.542. The number of ether oxygens (including phenoxy) is 1. The van der Waals surface area contributed by atoms with Crippen LogP contribution < -0.4 is 0 Å². The summed E-state index contributed by atoms with van der Waals surface area (Å²) in [4.78, 5) is 11.6. The van der Waals surface area contributed by atoms with Crippen LogP contribution >= 0.6 is 0 Å². The van der Waals surface area contributed by atoms with Gasteiger partial charge in [-0.25, -0.2) is 4.79 Å². The van der Waals surface area contributed by atoms with Gasteiger partial charge in [0.15, 0.2) is 0 Å². The largest absolute Gasteiger partial charge is 0.458 e. The predicted octanol–water partition coefficient (Wildman–Crippen LogP) is 4.28. The minimum Gasteiger partial charge on any atom is -0.458 e.